The van der Waals surface area contributed by atoms with Gasteiger partial charge in [-0.2, -0.15) is 0 Å². The number of ether oxygens (including phenoxy) is 1. The molecule has 0 saturated carbocycles. The molecule has 34 heavy (non-hydrogen) atoms. The fourth-order valence-electron chi connectivity index (χ4n) is 5.20. The van der Waals surface area contributed by atoms with E-state index < -0.39 is 18.0 Å². The number of carbonyl (C=O) groups is 3. The lowest BCUT2D eigenvalue weighted by Gasteiger charge is -2.30. The highest BCUT2D eigenvalue weighted by molar-refractivity contribution is 5.82. The van der Waals surface area contributed by atoms with Gasteiger partial charge in [0, 0.05) is 25.0 Å². The number of carboxylic acid groups (broad SMARTS) is 1. The summed E-state index contributed by atoms with van der Waals surface area (Å²) in [6.45, 7) is 4.80. The zero-order chi connectivity index (χ0) is 24.2. The first-order valence-electron chi connectivity index (χ1n) is 12.0. The second-order valence-electron chi connectivity index (χ2n) is 9.48. The van der Waals surface area contributed by atoms with E-state index in [0.717, 1.165) is 17.5 Å². The van der Waals surface area contributed by atoms with Crippen LogP contribution < -0.4 is 5.32 Å². The third kappa shape index (κ3) is 4.93. The van der Waals surface area contributed by atoms with Crippen LogP contribution in [-0.2, 0) is 14.3 Å². The number of nitrogens with zero attached hydrogens (tertiary/aromatic N) is 1. The Balaban J connectivity index is 1.36. The molecule has 1 aliphatic carbocycles. The Bertz CT molecular complexity index is 1020. The topological polar surface area (TPSA) is 95.9 Å². The van der Waals surface area contributed by atoms with E-state index in [2.05, 4.69) is 29.6 Å². The van der Waals surface area contributed by atoms with Crippen molar-refractivity contribution in [3.8, 4) is 11.1 Å². The number of fused-ring (bicyclic) bond motifs is 3. The monoisotopic (exact) mass is 464 g/mol. The molecule has 2 aromatic rings. The minimum atomic E-state index is -0.900. The third-order valence-corrected chi connectivity index (χ3v) is 7.00. The van der Waals surface area contributed by atoms with Crippen LogP contribution in [-0.4, -0.2) is 53.7 Å². The molecule has 1 aliphatic heterocycles. The van der Waals surface area contributed by atoms with Crippen molar-refractivity contribution >= 4 is 18.0 Å². The van der Waals surface area contributed by atoms with Crippen LogP contribution in [0.4, 0.5) is 4.79 Å². The molecule has 7 heteroatoms. The van der Waals surface area contributed by atoms with Crippen molar-refractivity contribution in [2.75, 3.05) is 19.7 Å². The van der Waals surface area contributed by atoms with E-state index in [0.29, 0.717) is 13.0 Å². The van der Waals surface area contributed by atoms with E-state index in [1.54, 1.807) is 4.90 Å². The fourth-order valence-corrected chi connectivity index (χ4v) is 5.20. The van der Waals surface area contributed by atoms with Crippen molar-refractivity contribution in [3.63, 3.8) is 0 Å². The molecule has 180 valence electrons. The predicted octanol–water partition coefficient (Wildman–Crippen LogP) is 4.26. The molecule has 0 aromatic heterocycles. The number of carboxylic acids is 1. The van der Waals surface area contributed by atoms with Gasteiger partial charge in [0.05, 0.1) is 12.3 Å². The quantitative estimate of drug-likeness (QED) is 0.609. The molecule has 0 spiro atoms. The van der Waals surface area contributed by atoms with Gasteiger partial charge in [-0.3, -0.25) is 9.59 Å². The van der Waals surface area contributed by atoms with Crippen LogP contribution in [0.3, 0.4) is 0 Å². The average Bonchev–Trinajstić information content (AvgIpc) is 3.39. The van der Waals surface area contributed by atoms with Crippen molar-refractivity contribution in [1.82, 2.24) is 10.2 Å². The van der Waals surface area contributed by atoms with Gasteiger partial charge < -0.3 is 20.1 Å². The molecule has 2 amide bonds. The minimum Gasteiger partial charge on any atom is -0.481 e. The average molecular weight is 465 g/mol. The highest BCUT2D eigenvalue weighted by Gasteiger charge is 2.36. The van der Waals surface area contributed by atoms with E-state index in [9.17, 15) is 14.4 Å². The number of alkyl carbamates (subject to hydrolysis) is 1. The Morgan fingerprint density at radius 3 is 2.26 bits per heavy atom. The zero-order valence-electron chi connectivity index (χ0n) is 19.7. The molecule has 1 unspecified atom stereocenters. The summed E-state index contributed by atoms with van der Waals surface area (Å²) in [5.74, 6) is -1.47. The molecule has 2 aromatic carbocycles. The maximum atomic E-state index is 13.2. The van der Waals surface area contributed by atoms with Gasteiger partial charge in [0.1, 0.15) is 6.61 Å². The summed E-state index contributed by atoms with van der Waals surface area (Å²) in [6.07, 6.45) is 0.900. The van der Waals surface area contributed by atoms with Gasteiger partial charge in [-0.1, -0.05) is 62.4 Å². The normalized spacial score (nSPS) is 17.9. The van der Waals surface area contributed by atoms with Gasteiger partial charge in [0.2, 0.25) is 5.91 Å². The first kappa shape index (κ1) is 23.8. The maximum absolute atomic E-state index is 13.2. The number of aliphatic carboxylic acids is 1. The van der Waals surface area contributed by atoms with E-state index in [-0.39, 0.29) is 43.4 Å². The Kier molecular flexibility index (Phi) is 7.20. The lowest BCUT2D eigenvalue weighted by Crippen LogP contribution is -2.46. The van der Waals surface area contributed by atoms with Crippen LogP contribution in [0, 0.1) is 11.8 Å². The van der Waals surface area contributed by atoms with Crippen LogP contribution in [0.1, 0.15) is 50.2 Å². The highest BCUT2D eigenvalue weighted by Crippen LogP contribution is 2.44. The molecule has 0 radical (unpaired) electrons. The number of nitrogens with one attached hydrogen (secondary N) is 1. The van der Waals surface area contributed by atoms with Gasteiger partial charge in [-0.05, 0) is 41.0 Å². The van der Waals surface area contributed by atoms with Crippen molar-refractivity contribution in [1.29, 1.82) is 0 Å². The second-order valence-corrected chi connectivity index (χ2v) is 9.48. The smallest absolute Gasteiger partial charge is 0.407 e. The maximum Gasteiger partial charge on any atom is 0.407 e. The van der Waals surface area contributed by atoms with Gasteiger partial charge in [-0.15, -0.1) is 0 Å². The third-order valence-electron chi connectivity index (χ3n) is 7.00. The SMILES string of the molecule is CC(C)C(CNC(=O)OCC1c2ccccc2-c2ccccc21)C(=O)N1CCC[C@H]1CC(=O)O. The number of benzene rings is 2. The van der Waals surface area contributed by atoms with E-state index in [1.807, 2.05) is 38.1 Å². The van der Waals surface area contributed by atoms with Crippen LogP contribution in [0.2, 0.25) is 0 Å². The number of amides is 2. The molecule has 4 rings (SSSR count). The standard InChI is InChI=1S/C27H32N2O5/c1-17(2)23(26(32)29-13-7-8-18(29)14-25(30)31)15-28-27(33)34-16-24-21-11-5-3-9-19(21)20-10-4-6-12-22(20)24/h3-6,9-12,17-18,23-24H,7-8,13-16H2,1-2H3,(H,28,33)(H,30,31)/t18-,23?/m0/s1. The molecule has 1 saturated heterocycles. The van der Waals surface area contributed by atoms with Crippen LogP contribution >= 0.6 is 0 Å². The predicted molar refractivity (Wildman–Crippen MR) is 128 cm³/mol. The number of hydrogen-bond donors (Lipinski definition) is 2. The van der Waals surface area contributed by atoms with Gasteiger partial charge in [0.15, 0.2) is 0 Å². The molecule has 2 N–H and O–H groups in total. The minimum absolute atomic E-state index is 0.00698. The van der Waals surface area contributed by atoms with Gasteiger partial charge in [0.25, 0.3) is 0 Å². The number of rotatable bonds is 8. The second kappa shape index (κ2) is 10.3. The molecule has 7 nitrogen and oxygen atoms in total. The van der Waals surface area contributed by atoms with Crippen LogP contribution in [0.15, 0.2) is 48.5 Å². The Morgan fingerprint density at radius 1 is 1.06 bits per heavy atom. The lowest BCUT2D eigenvalue weighted by molar-refractivity contribution is -0.141. The molecular formula is C27H32N2O5. The summed E-state index contributed by atoms with van der Waals surface area (Å²) in [5.41, 5.74) is 4.62. The molecular weight excluding hydrogens is 432 g/mol. The Hall–Kier alpha value is -3.35. The summed E-state index contributed by atoms with van der Waals surface area (Å²) in [5, 5.41) is 11.9. The summed E-state index contributed by atoms with van der Waals surface area (Å²) < 4.78 is 5.60. The van der Waals surface area contributed by atoms with Gasteiger partial charge in [-0.25, -0.2) is 4.79 Å². The largest absolute Gasteiger partial charge is 0.481 e. The number of hydrogen-bond acceptors (Lipinski definition) is 4. The molecule has 2 aliphatic rings. The Morgan fingerprint density at radius 2 is 1.68 bits per heavy atom. The van der Waals surface area contributed by atoms with Crippen LogP contribution in [0.25, 0.3) is 11.1 Å². The zero-order valence-corrected chi connectivity index (χ0v) is 19.7. The number of carbonyl (C=O) groups excluding carboxylic acids is 2. The summed E-state index contributed by atoms with van der Waals surface area (Å²) in [7, 11) is 0. The lowest BCUT2D eigenvalue weighted by atomic mass is 9.93. The van der Waals surface area contributed by atoms with Crippen molar-refractivity contribution in [3.05, 3.63) is 59.7 Å². The molecule has 2 atom stereocenters. The van der Waals surface area contributed by atoms with E-state index in [1.165, 1.54) is 11.1 Å². The first-order valence-corrected chi connectivity index (χ1v) is 12.0. The highest BCUT2D eigenvalue weighted by atomic mass is 16.5. The summed E-state index contributed by atoms with van der Waals surface area (Å²) in [6, 6.07) is 16.0. The van der Waals surface area contributed by atoms with Crippen LogP contribution in [0.5, 0.6) is 0 Å². The molecule has 1 heterocycles. The van der Waals surface area contributed by atoms with E-state index >= 15 is 0 Å². The van der Waals surface area contributed by atoms with Crippen molar-refractivity contribution in [2.45, 2.75) is 45.1 Å². The van der Waals surface area contributed by atoms with Gasteiger partial charge >= 0.3 is 12.1 Å². The van der Waals surface area contributed by atoms with E-state index in [4.69, 9.17) is 9.84 Å². The van der Waals surface area contributed by atoms with Crippen molar-refractivity contribution in [2.24, 2.45) is 11.8 Å². The summed E-state index contributed by atoms with van der Waals surface area (Å²) in [4.78, 5) is 38.6. The van der Waals surface area contributed by atoms with Crippen molar-refractivity contribution < 1.29 is 24.2 Å². The number of likely N-dealkylation sites (tertiary alicyclic amines) is 1. The summed E-state index contributed by atoms with van der Waals surface area (Å²) >= 11 is 0. The Labute approximate surface area is 200 Å². The molecule has 0 bridgehead atoms. The first-order chi connectivity index (χ1) is 16.4. The molecule has 1 fully saturated rings. The fraction of sp³-hybridized carbons (Fsp3) is 0.444.